The van der Waals surface area contributed by atoms with Crippen LogP contribution in [0.2, 0.25) is 0 Å². The van der Waals surface area contributed by atoms with E-state index in [0.717, 1.165) is 23.5 Å². The SMILES string of the molecule is COC(=O)c1cn(S(=O)(=O)c2cccnc2)c(-c2ccccc2)c1F. The fraction of sp³-hybridized carbons (Fsp3) is 0.0588. The molecule has 128 valence electrons. The van der Waals surface area contributed by atoms with Crippen LogP contribution in [0.3, 0.4) is 0 Å². The molecule has 0 amide bonds. The minimum Gasteiger partial charge on any atom is -0.465 e. The Morgan fingerprint density at radius 3 is 2.48 bits per heavy atom. The van der Waals surface area contributed by atoms with Gasteiger partial charge in [0.1, 0.15) is 16.2 Å². The maximum absolute atomic E-state index is 14.9. The van der Waals surface area contributed by atoms with Gasteiger partial charge >= 0.3 is 5.97 Å². The lowest BCUT2D eigenvalue weighted by Crippen LogP contribution is -2.14. The Morgan fingerprint density at radius 1 is 1.16 bits per heavy atom. The molecule has 3 aromatic rings. The van der Waals surface area contributed by atoms with Crippen LogP contribution >= 0.6 is 0 Å². The van der Waals surface area contributed by atoms with Crippen molar-refractivity contribution in [2.45, 2.75) is 4.90 Å². The molecule has 0 atom stereocenters. The summed E-state index contributed by atoms with van der Waals surface area (Å²) in [6.07, 6.45) is 3.50. The zero-order valence-electron chi connectivity index (χ0n) is 13.1. The monoisotopic (exact) mass is 360 g/mol. The van der Waals surface area contributed by atoms with E-state index in [4.69, 9.17) is 0 Å². The summed E-state index contributed by atoms with van der Waals surface area (Å²) >= 11 is 0. The van der Waals surface area contributed by atoms with Gasteiger partial charge in [0.25, 0.3) is 10.0 Å². The van der Waals surface area contributed by atoms with Gasteiger partial charge in [0, 0.05) is 24.2 Å². The molecule has 0 spiro atoms. The molecule has 0 N–H and O–H groups in total. The molecule has 2 aromatic heterocycles. The van der Waals surface area contributed by atoms with Crippen molar-refractivity contribution < 1.29 is 22.3 Å². The Labute approximate surface area is 143 Å². The number of hydrogen-bond donors (Lipinski definition) is 0. The van der Waals surface area contributed by atoms with Crippen molar-refractivity contribution in [1.29, 1.82) is 0 Å². The number of methoxy groups -OCH3 is 1. The van der Waals surface area contributed by atoms with Gasteiger partial charge in [-0.25, -0.2) is 21.6 Å². The van der Waals surface area contributed by atoms with Crippen LogP contribution in [0.15, 0.2) is 66.0 Å². The highest BCUT2D eigenvalue weighted by atomic mass is 32.2. The van der Waals surface area contributed by atoms with Gasteiger partial charge in [-0.2, -0.15) is 0 Å². The van der Waals surface area contributed by atoms with Gasteiger partial charge in [0.05, 0.1) is 7.11 Å². The number of halogens is 1. The second-order valence-corrected chi connectivity index (χ2v) is 6.87. The highest BCUT2D eigenvalue weighted by Gasteiger charge is 2.29. The van der Waals surface area contributed by atoms with Gasteiger partial charge in [-0.1, -0.05) is 30.3 Å². The van der Waals surface area contributed by atoms with E-state index in [1.165, 1.54) is 18.3 Å². The van der Waals surface area contributed by atoms with E-state index >= 15 is 0 Å². The molecule has 8 heteroatoms. The molecule has 2 heterocycles. The third kappa shape index (κ3) is 2.91. The average molecular weight is 360 g/mol. The number of nitrogens with zero attached hydrogens (tertiary/aromatic N) is 2. The first-order valence-corrected chi connectivity index (χ1v) is 8.61. The van der Waals surface area contributed by atoms with Crippen LogP contribution in [-0.2, 0) is 14.8 Å². The minimum atomic E-state index is -4.15. The number of hydrogen-bond acceptors (Lipinski definition) is 5. The van der Waals surface area contributed by atoms with Gasteiger partial charge in [0.15, 0.2) is 5.82 Å². The van der Waals surface area contributed by atoms with Crippen LogP contribution in [0.1, 0.15) is 10.4 Å². The smallest absolute Gasteiger partial charge is 0.342 e. The Morgan fingerprint density at radius 2 is 1.88 bits per heavy atom. The molecule has 0 unspecified atom stereocenters. The van der Waals surface area contributed by atoms with Crippen molar-refractivity contribution in [3.63, 3.8) is 0 Å². The Bertz CT molecular complexity index is 1020. The molecule has 3 rings (SSSR count). The van der Waals surface area contributed by atoms with Crippen LogP contribution in [0.4, 0.5) is 4.39 Å². The van der Waals surface area contributed by atoms with Crippen molar-refractivity contribution in [3.05, 3.63) is 72.4 Å². The molecule has 0 aliphatic rings. The van der Waals surface area contributed by atoms with Crippen LogP contribution in [-0.4, -0.2) is 30.5 Å². The molecule has 6 nitrogen and oxygen atoms in total. The molecule has 0 saturated carbocycles. The van der Waals surface area contributed by atoms with Gasteiger partial charge in [-0.05, 0) is 12.1 Å². The molecule has 0 bridgehead atoms. The Hall–Kier alpha value is -3.00. The molecule has 0 fully saturated rings. The molecule has 0 radical (unpaired) electrons. The lowest BCUT2D eigenvalue weighted by molar-refractivity contribution is 0.0596. The number of carbonyl (C=O) groups is 1. The normalized spacial score (nSPS) is 11.3. The highest BCUT2D eigenvalue weighted by Crippen LogP contribution is 2.30. The fourth-order valence-corrected chi connectivity index (χ4v) is 3.71. The summed E-state index contributed by atoms with van der Waals surface area (Å²) in [6.45, 7) is 0. The molecule has 25 heavy (non-hydrogen) atoms. The lowest BCUT2D eigenvalue weighted by Gasteiger charge is -2.10. The largest absolute Gasteiger partial charge is 0.465 e. The molecule has 1 aromatic carbocycles. The quantitative estimate of drug-likeness (QED) is 0.669. The number of carbonyl (C=O) groups excluding carboxylic acids is 1. The Balaban J connectivity index is 2.31. The van der Waals surface area contributed by atoms with Crippen molar-refractivity contribution in [2.24, 2.45) is 0 Å². The van der Waals surface area contributed by atoms with Crippen molar-refractivity contribution in [2.75, 3.05) is 7.11 Å². The second-order valence-electron chi connectivity index (χ2n) is 5.05. The second kappa shape index (κ2) is 6.48. The fourth-order valence-electron chi connectivity index (χ4n) is 2.37. The van der Waals surface area contributed by atoms with Crippen LogP contribution < -0.4 is 0 Å². The molecular weight excluding hydrogens is 347 g/mol. The molecule has 0 aliphatic heterocycles. The number of esters is 1. The van der Waals surface area contributed by atoms with E-state index < -0.39 is 27.4 Å². The van der Waals surface area contributed by atoms with Crippen molar-refractivity contribution >= 4 is 16.0 Å². The third-order valence-electron chi connectivity index (χ3n) is 3.55. The average Bonchev–Trinajstić information content (AvgIpc) is 3.00. The lowest BCUT2D eigenvalue weighted by atomic mass is 10.1. The van der Waals surface area contributed by atoms with E-state index in [-0.39, 0.29) is 10.6 Å². The van der Waals surface area contributed by atoms with E-state index in [9.17, 15) is 17.6 Å². The number of ether oxygens (including phenoxy) is 1. The van der Waals surface area contributed by atoms with E-state index in [1.807, 2.05) is 0 Å². The van der Waals surface area contributed by atoms with E-state index in [2.05, 4.69) is 9.72 Å². The summed E-state index contributed by atoms with van der Waals surface area (Å²) in [5, 5.41) is 0. The zero-order valence-corrected chi connectivity index (χ0v) is 13.9. The zero-order chi connectivity index (χ0) is 18.0. The van der Waals surface area contributed by atoms with Crippen molar-refractivity contribution in [1.82, 2.24) is 8.96 Å². The summed E-state index contributed by atoms with van der Waals surface area (Å²) in [7, 11) is -3.06. The number of benzene rings is 1. The summed E-state index contributed by atoms with van der Waals surface area (Å²) < 4.78 is 46.0. The van der Waals surface area contributed by atoms with Gasteiger partial charge in [-0.3, -0.25) is 4.98 Å². The predicted octanol–water partition coefficient (Wildman–Crippen LogP) is 2.71. The maximum atomic E-state index is 14.9. The van der Waals surface area contributed by atoms with Crippen LogP contribution in [0, 0.1) is 5.82 Å². The number of rotatable bonds is 4. The number of pyridine rings is 1. The molecular formula is C17H13FN2O4S. The van der Waals surface area contributed by atoms with Crippen molar-refractivity contribution in [3.8, 4) is 11.3 Å². The number of aromatic nitrogens is 2. The Kier molecular flexibility index (Phi) is 4.37. The van der Waals surface area contributed by atoms with Gasteiger partial charge < -0.3 is 4.74 Å². The first kappa shape index (κ1) is 16.8. The van der Waals surface area contributed by atoms with E-state index in [1.54, 1.807) is 30.3 Å². The summed E-state index contributed by atoms with van der Waals surface area (Å²) in [5.74, 6) is -1.93. The first-order valence-electron chi connectivity index (χ1n) is 7.17. The predicted molar refractivity (Wildman–Crippen MR) is 88.0 cm³/mol. The van der Waals surface area contributed by atoms with Gasteiger partial charge in [0.2, 0.25) is 0 Å². The van der Waals surface area contributed by atoms with Crippen LogP contribution in [0.5, 0.6) is 0 Å². The standard InChI is InChI=1S/C17H13FN2O4S/c1-24-17(21)14-11-20(25(22,23)13-8-5-9-19-10-13)16(15(14)18)12-6-3-2-4-7-12/h2-11H,1H3. The first-order chi connectivity index (χ1) is 12.0. The van der Waals surface area contributed by atoms with Crippen LogP contribution in [0.25, 0.3) is 11.3 Å². The third-order valence-corrected chi connectivity index (χ3v) is 5.20. The summed E-state index contributed by atoms with van der Waals surface area (Å²) in [4.78, 5) is 15.5. The molecule has 0 aliphatic carbocycles. The molecule has 0 saturated heterocycles. The van der Waals surface area contributed by atoms with Gasteiger partial charge in [-0.15, -0.1) is 0 Å². The summed E-state index contributed by atoms with van der Waals surface area (Å²) in [5.41, 5.74) is -0.402. The highest BCUT2D eigenvalue weighted by molar-refractivity contribution is 7.90. The topological polar surface area (TPSA) is 78.3 Å². The summed E-state index contributed by atoms with van der Waals surface area (Å²) in [6, 6.07) is 10.9. The maximum Gasteiger partial charge on any atom is 0.342 e. The van der Waals surface area contributed by atoms with E-state index in [0.29, 0.717) is 5.56 Å². The minimum absolute atomic E-state index is 0.126.